The average molecular weight is 520 g/mol. The summed E-state index contributed by atoms with van der Waals surface area (Å²) in [4.78, 5) is 26.7. The van der Waals surface area contributed by atoms with Gasteiger partial charge < -0.3 is 15.0 Å². The van der Waals surface area contributed by atoms with Gasteiger partial charge in [-0.05, 0) is 42.3 Å². The number of amides is 2. The number of aromatic nitrogens is 5. The minimum Gasteiger partial charge on any atom is -0.445 e. The predicted molar refractivity (Wildman–Crippen MR) is 121 cm³/mol. The van der Waals surface area contributed by atoms with Gasteiger partial charge in [0.25, 0.3) is 5.91 Å². The molecule has 0 saturated carbocycles. The number of halogens is 4. The fourth-order valence-electron chi connectivity index (χ4n) is 3.88. The van der Waals surface area contributed by atoms with Crippen molar-refractivity contribution in [3.63, 3.8) is 0 Å². The van der Waals surface area contributed by atoms with Crippen LogP contribution >= 0.6 is 11.6 Å². The lowest BCUT2D eigenvalue weighted by Gasteiger charge is -2.26. The zero-order valence-corrected chi connectivity index (χ0v) is 19.1. The first kappa shape index (κ1) is 23.6. The number of hydrogen-bond acceptors (Lipinski definition) is 6. The maximum atomic E-state index is 12.8. The number of carbonyl (C=O) groups excluding carboxylic acids is 2. The third-order valence-electron chi connectivity index (χ3n) is 5.68. The van der Waals surface area contributed by atoms with Crippen molar-refractivity contribution in [2.24, 2.45) is 0 Å². The van der Waals surface area contributed by atoms with Crippen molar-refractivity contribution >= 4 is 40.3 Å². The molecule has 1 aliphatic rings. The molecular weight excluding hydrogens is 503 g/mol. The number of nitrogens with zero attached hydrogens (tertiary/aromatic N) is 4. The van der Waals surface area contributed by atoms with E-state index in [0.29, 0.717) is 40.0 Å². The molecule has 2 amide bonds. The Morgan fingerprint density at radius 3 is 2.69 bits per heavy atom. The lowest BCUT2D eigenvalue weighted by molar-refractivity contribution is -0.137. The number of benzene rings is 2. The molecule has 186 valence electrons. The zero-order valence-electron chi connectivity index (χ0n) is 18.3. The molecule has 0 radical (unpaired) electrons. The molecule has 3 N–H and O–H groups in total. The number of hydrogen-bond donors (Lipinski definition) is 3. The summed E-state index contributed by atoms with van der Waals surface area (Å²) in [6, 6.07) is 8.26. The molecule has 10 nitrogen and oxygen atoms in total. The molecule has 0 saturated heterocycles. The van der Waals surface area contributed by atoms with Crippen LogP contribution < -0.4 is 5.32 Å². The van der Waals surface area contributed by atoms with E-state index in [1.54, 1.807) is 18.2 Å². The molecule has 1 aliphatic heterocycles. The van der Waals surface area contributed by atoms with E-state index in [4.69, 9.17) is 16.3 Å². The lowest BCUT2D eigenvalue weighted by atomic mass is 10.0. The van der Waals surface area contributed by atoms with Crippen molar-refractivity contribution in [1.82, 2.24) is 30.5 Å². The smallest absolute Gasteiger partial charge is 0.417 e. The molecule has 2 aromatic heterocycles. The Morgan fingerprint density at radius 1 is 1.11 bits per heavy atom. The van der Waals surface area contributed by atoms with Crippen molar-refractivity contribution in [2.45, 2.75) is 25.7 Å². The second-order valence-corrected chi connectivity index (χ2v) is 8.46. The van der Waals surface area contributed by atoms with Crippen molar-refractivity contribution in [1.29, 1.82) is 0 Å². The Balaban J connectivity index is 1.20. The molecule has 14 heteroatoms. The van der Waals surface area contributed by atoms with E-state index in [1.807, 2.05) is 0 Å². The van der Waals surface area contributed by atoms with E-state index in [9.17, 15) is 22.8 Å². The minimum absolute atomic E-state index is 0.132. The van der Waals surface area contributed by atoms with Crippen LogP contribution in [0.3, 0.4) is 0 Å². The van der Waals surface area contributed by atoms with Gasteiger partial charge >= 0.3 is 12.3 Å². The van der Waals surface area contributed by atoms with Crippen LogP contribution in [-0.2, 0) is 30.5 Å². The van der Waals surface area contributed by atoms with E-state index < -0.39 is 28.8 Å². The molecule has 0 aliphatic carbocycles. The van der Waals surface area contributed by atoms with Gasteiger partial charge in [-0.25, -0.2) is 4.79 Å². The average Bonchev–Trinajstić information content (AvgIpc) is 3.48. The minimum atomic E-state index is -4.57. The van der Waals surface area contributed by atoms with Gasteiger partial charge in [0.15, 0.2) is 5.69 Å². The summed E-state index contributed by atoms with van der Waals surface area (Å²) in [5.74, 6) is -0.412. The zero-order chi connectivity index (χ0) is 25.4. The van der Waals surface area contributed by atoms with Gasteiger partial charge in [-0.15, -0.1) is 0 Å². The Bertz CT molecular complexity index is 1470. The van der Waals surface area contributed by atoms with Crippen molar-refractivity contribution in [2.75, 3.05) is 11.9 Å². The number of alkyl halides is 3. The molecule has 0 spiro atoms. The fourth-order valence-corrected chi connectivity index (χ4v) is 4.19. The maximum Gasteiger partial charge on any atom is 0.417 e. The monoisotopic (exact) mass is 519 g/mol. The number of carbonyl (C=O) groups is 2. The molecule has 0 unspecified atom stereocenters. The van der Waals surface area contributed by atoms with Crippen LogP contribution in [0.5, 0.6) is 0 Å². The molecule has 3 heterocycles. The first-order valence-electron chi connectivity index (χ1n) is 10.6. The molecule has 5 rings (SSSR count). The Morgan fingerprint density at radius 2 is 1.92 bits per heavy atom. The second kappa shape index (κ2) is 9.15. The van der Waals surface area contributed by atoms with Crippen LogP contribution in [0.2, 0.25) is 5.02 Å². The van der Waals surface area contributed by atoms with Gasteiger partial charge in [-0.1, -0.05) is 17.7 Å². The summed E-state index contributed by atoms with van der Waals surface area (Å²) in [7, 11) is 0. The van der Waals surface area contributed by atoms with Gasteiger partial charge in [0.05, 0.1) is 22.8 Å². The number of aromatic amines is 2. The Kier molecular flexibility index (Phi) is 6.00. The van der Waals surface area contributed by atoms with Crippen LogP contribution in [0.25, 0.3) is 11.0 Å². The SMILES string of the molecule is O=C(Nc1ccc2n[nH]nc2c1)c1n[nH]c2c1CCN(C(=O)OCc1ccc(C(F)(F)F)c(Cl)c1)C2. The van der Waals surface area contributed by atoms with E-state index in [-0.39, 0.29) is 25.4 Å². The summed E-state index contributed by atoms with van der Waals surface area (Å²) in [6.07, 6.45) is -4.86. The highest BCUT2D eigenvalue weighted by Gasteiger charge is 2.33. The highest BCUT2D eigenvalue weighted by atomic mass is 35.5. The number of nitrogens with one attached hydrogen (secondary N) is 3. The van der Waals surface area contributed by atoms with Crippen LogP contribution in [0.4, 0.5) is 23.7 Å². The number of H-pyrrole nitrogens is 2. The summed E-state index contributed by atoms with van der Waals surface area (Å²) >= 11 is 5.71. The van der Waals surface area contributed by atoms with Crippen molar-refractivity contribution < 1.29 is 27.5 Å². The number of ether oxygens (including phenoxy) is 1. The first-order valence-corrected chi connectivity index (χ1v) is 11.0. The summed E-state index contributed by atoms with van der Waals surface area (Å²) in [5.41, 5.74) is 2.66. The highest BCUT2D eigenvalue weighted by Crippen LogP contribution is 2.35. The van der Waals surface area contributed by atoms with Gasteiger partial charge in [0.1, 0.15) is 17.6 Å². The number of fused-ring (bicyclic) bond motifs is 2. The fraction of sp³-hybridized carbons (Fsp3) is 0.227. The van der Waals surface area contributed by atoms with E-state index in [2.05, 4.69) is 30.9 Å². The van der Waals surface area contributed by atoms with E-state index >= 15 is 0 Å². The largest absolute Gasteiger partial charge is 0.445 e. The molecule has 0 fully saturated rings. The topological polar surface area (TPSA) is 129 Å². The maximum absolute atomic E-state index is 12.8. The molecular formula is C22H17ClF3N7O3. The third-order valence-corrected chi connectivity index (χ3v) is 5.99. The first-order chi connectivity index (χ1) is 17.2. The molecule has 0 bridgehead atoms. The lowest BCUT2D eigenvalue weighted by Crippen LogP contribution is -2.36. The molecule has 36 heavy (non-hydrogen) atoms. The normalized spacial score (nSPS) is 13.5. The van der Waals surface area contributed by atoms with Gasteiger partial charge in [0.2, 0.25) is 0 Å². The Labute approximate surface area is 205 Å². The van der Waals surface area contributed by atoms with Crippen LogP contribution in [0.15, 0.2) is 36.4 Å². The Hall–Kier alpha value is -4.13. The molecule has 4 aromatic rings. The van der Waals surface area contributed by atoms with Crippen LogP contribution in [-0.4, -0.2) is 49.1 Å². The predicted octanol–water partition coefficient (Wildman–Crippen LogP) is 4.30. The number of anilines is 1. The number of rotatable bonds is 4. The summed E-state index contributed by atoms with van der Waals surface area (Å²) in [6.45, 7) is 0.157. The van der Waals surface area contributed by atoms with Crippen molar-refractivity contribution in [3.8, 4) is 0 Å². The second-order valence-electron chi connectivity index (χ2n) is 8.05. The standard InChI is InChI=1S/C22H17ClF3N7O3/c23-15-7-11(1-3-14(15)22(24,25)26)10-36-21(35)33-6-5-13-18(9-33)28-31-19(13)20(34)27-12-2-4-16-17(8-12)30-32-29-16/h1-4,7-8H,5-6,9-10H2,(H,27,34)(H,28,31)(H,29,30,32). The molecule has 0 atom stereocenters. The summed E-state index contributed by atoms with van der Waals surface area (Å²) in [5, 5.41) is 19.7. The third kappa shape index (κ3) is 4.69. The summed E-state index contributed by atoms with van der Waals surface area (Å²) < 4.78 is 43.8. The quantitative estimate of drug-likeness (QED) is 0.369. The molecule has 2 aromatic carbocycles. The highest BCUT2D eigenvalue weighted by molar-refractivity contribution is 6.31. The van der Waals surface area contributed by atoms with Gasteiger partial charge in [-0.2, -0.15) is 33.7 Å². The van der Waals surface area contributed by atoms with Crippen LogP contribution in [0.1, 0.15) is 32.9 Å². The van der Waals surface area contributed by atoms with Gasteiger partial charge in [-0.3, -0.25) is 9.89 Å². The van der Waals surface area contributed by atoms with Crippen LogP contribution in [0, 0.1) is 0 Å². The van der Waals surface area contributed by atoms with Crippen molar-refractivity contribution in [3.05, 3.63) is 69.5 Å². The van der Waals surface area contributed by atoms with E-state index in [0.717, 1.165) is 12.1 Å². The van der Waals surface area contributed by atoms with E-state index in [1.165, 1.54) is 11.0 Å². The van der Waals surface area contributed by atoms with Gasteiger partial charge in [0, 0.05) is 17.8 Å².